The largest absolute Gasteiger partial charge is 0.381 e. The van der Waals surface area contributed by atoms with Gasteiger partial charge in [0.05, 0.1) is 0 Å². The molecule has 0 radical (unpaired) electrons. The molecule has 0 aliphatic carbocycles. The summed E-state index contributed by atoms with van der Waals surface area (Å²) in [5.74, 6) is 0.672. The Labute approximate surface area is 73.8 Å². The highest BCUT2D eigenvalue weighted by Gasteiger charge is 2.25. The second-order valence-corrected chi connectivity index (χ2v) is 3.54. The predicted molar refractivity (Wildman–Crippen MR) is 52.6 cm³/mol. The second-order valence-electron chi connectivity index (χ2n) is 3.54. The number of rotatable bonds is 1. The van der Waals surface area contributed by atoms with E-state index in [0.29, 0.717) is 12.0 Å². The number of para-hydroxylation sites is 1. The summed E-state index contributed by atoms with van der Waals surface area (Å²) in [6.45, 7) is 4.53. The van der Waals surface area contributed by atoms with E-state index in [0.717, 1.165) is 0 Å². The van der Waals surface area contributed by atoms with Crippen LogP contribution in [0.1, 0.15) is 31.7 Å². The molecule has 1 N–H and O–H groups in total. The lowest BCUT2D eigenvalue weighted by atomic mass is 9.96. The standard InChI is InChI=1S/C11H15N/c1-3-10-8(2)9-6-4-5-7-11(9)12-10/h4-8,10,12H,3H2,1-2H3. The van der Waals surface area contributed by atoms with Crippen molar-refractivity contribution in [1.29, 1.82) is 0 Å². The molecule has 1 heterocycles. The van der Waals surface area contributed by atoms with Gasteiger partial charge in [-0.2, -0.15) is 0 Å². The van der Waals surface area contributed by atoms with Crippen molar-refractivity contribution in [2.45, 2.75) is 32.2 Å². The molecule has 0 fully saturated rings. The fourth-order valence-corrected chi connectivity index (χ4v) is 2.02. The molecule has 1 aliphatic heterocycles. The maximum Gasteiger partial charge on any atom is 0.0378 e. The SMILES string of the molecule is CCC1Nc2ccccc2C1C. The summed E-state index contributed by atoms with van der Waals surface area (Å²) in [6.07, 6.45) is 1.20. The minimum atomic E-state index is 0.641. The van der Waals surface area contributed by atoms with E-state index in [1.54, 1.807) is 0 Å². The smallest absolute Gasteiger partial charge is 0.0378 e. The Morgan fingerprint density at radius 3 is 2.75 bits per heavy atom. The Kier molecular flexibility index (Phi) is 1.80. The van der Waals surface area contributed by atoms with Crippen molar-refractivity contribution in [3.8, 4) is 0 Å². The average molecular weight is 161 g/mol. The summed E-state index contributed by atoms with van der Waals surface area (Å²) in [7, 11) is 0. The number of hydrogen-bond acceptors (Lipinski definition) is 1. The number of benzene rings is 1. The van der Waals surface area contributed by atoms with Crippen LogP contribution in [0.2, 0.25) is 0 Å². The van der Waals surface area contributed by atoms with E-state index in [4.69, 9.17) is 0 Å². The number of nitrogens with one attached hydrogen (secondary N) is 1. The van der Waals surface area contributed by atoms with Crippen molar-refractivity contribution < 1.29 is 0 Å². The Hall–Kier alpha value is -0.980. The molecule has 0 saturated carbocycles. The predicted octanol–water partition coefficient (Wildman–Crippen LogP) is 2.99. The van der Waals surface area contributed by atoms with Gasteiger partial charge in [0.25, 0.3) is 0 Å². The van der Waals surface area contributed by atoms with Gasteiger partial charge in [-0.3, -0.25) is 0 Å². The van der Waals surface area contributed by atoms with Gasteiger partial charge in [0.15, 0.2) is 0 Å². The average Bonchev–Trinajstić information content (AvgIpc) is 2.44. The Bertz CT molecular complexity index is 280. The first-order valence-electron chi connectivity index (χ1n) is 4.68. The Balaban J connectivity index is 2.35. The van der Waals surface area contributed by atoms with Crippen molar-refractivity contribution in [2.75, 3.05) is 5.32 Å². The quantitative estimate of drug-likeness (QED) is 0.667. The van der Waals surface area contributed by atoms with E-state index in [-0.39, 0.29) is 0 Å². The van der Waals surface area contributed by atoms with E-state index < -0.39 is 0 Å². The molecule has 1 aliphatic rings. The van der Waals surface area contributed by atoms with Gasteiger partial charge in [0, 0.05) is 17.6 Å². The van der Waals surface area contributed by atoms with Crippen LogP contribution in [0.4, 0.5) is 5.69 Å². The van der Waals surface area contributed by atoms with Gasteiger partial charge < -0.3 is 5.32 Å². The number of anilines is 1. The third-order valence-corrected chi connectivity index (χ3v) is 2.84. The maximum atomic E-state index is 3.53. The number of hydrogen-bond donors (Lipinski definition) is 1. The van der Waals surface area contributed by atoms with Gasteiger partial charge in [0.2, 0.25) is 0 Å². The Morgan fingerprint density at radius 1 is 1.33 bits per heavy atom. The molecule has 0 amide bonds. The molecule has 0 saturated heterocycles. The summed E-state index contributed by atoms with van der Waals surface area (Å²) >= 11 is 0. The van der Waals surface area contributed by atoms with Crippen LogP contribution < -0.4 is 5.32 Å². The highest BCUT2D eigenvalue weighted by Crippen LogP contribution is 2.36. The molecular weight excluding hydrogens is 146 g/mol. The van der Waals surface area contributed by atoms with Crippen LogP contribution >= 0.6 is 0 Å². The Morgan fingerprint density at radius 2 is 2.08 bits per heavy atom. The molecule has 0 bridgehead atoms. The lowest BCUT2D eigenvalue weighted by Gasteiger charge is -2.12. The molecule has 2 atom stereocenters. The molecule has 0 aromatic heterocycles. The molecule has 64 valence electrons. The fourth-order valence-electron chi connectivity index (χ4n) is 2.02. The van der Waals surface area contributed by atoms with Crippen molar-refractivity contribution in [3.05, 3.63) is 29.8 Å². The molecule has 1 aromatic rings. The maximum absolute atomic E-state index is 3.53. The summed E-state index contributed by atoms with van der Waals surface area (Å²) < 4.78 is 0. The monoisotopic (exact) mass is 161 g/mol. The highest BCUT2D eigenvalue weighted by molar-refractivity contribution is 5.58. The summed E-state index contributed by atoms with van der Waals surface area (Å²) in [5, 5.41) is 3.53. The zero-order valence-electron chi connectivity index (χ0n) is 7.67. The summed E-state index contributed by atoms with van der Waals surface area (Å²) in [6, 6.07) is 9.25. The van der Waals surface area contributed by atoms with E-state index in [2.05, 4.69) is 43.4 Å². The van der Waals surface area contributed by atoms with E-state index in [9.17, 15) is 0 Å². The van der Waals surface area contributed by atoms with E-state index in [1.165, 1.54) is 17.7 Å². The van der Waals surface area contributed by atoms with E-state index in [1.807, 2.05) is 0 Å². The molecule has 1 aromatic carbocycles. The van der Waals surface area contributed by atoms with Crippen molar-refractivity contribution in [1.82, 2.24) is 0 Å². The van der Waals surface area contributed by atoms with Crippen molar-refractivity contribution in [2.24, 2.45) is 0 Å². The lowest BCUT2D eigenvalue weighted by Crippen LogP contribution is -2.16. The zero-order valence-corrected chi connectivity index (χ0v) is 7.67. The molecule has 12 heavy (non-hydrogen) atoms. The van der Waals surface area contributed by atoms with Crippen LogP contribution in [0.25, 0.3) is 0 Å². The van der Waals surface area contributed by atoms with Crippen molar-refractivity contribution >= 4 is 5.69 Å². The normalized spacial score (nSPS) is 26.5. The topological polar surface area (TPSA) is 12.0 Å². The van der Waals surface area contributed by atoms with Gasteiger partial charge in [-0.15, -0.1) is 0 Å². The molecule has 0 spiro atoms. The van der Waals surface area contributed by atoms with Gasteiger partial charge >= 0.3 is 0 Å². The minimum Gasteiger partial charge on any atom is -0.381 e. The molecular formula is C11H15N. The lowest BCUT2D eigenvalue weighted by molar-refractivity contribution is 0.618. The van der Waals surface area contributed by atoms with Crippen LogP contribution in [0.15, 0.2) is 24.3 Å². The van der Waals surface area contributed by atoms with Crippen molar-refractivity contribution in [3.63, 3.8) is 0 Å². The zero-order chi connectivity index (χ0) is 8.55. The van der Waals surface area contributed by atoms with E-state index >= 15 is 0 Å². The van der Waals surface area contributed by atoms with Crippen LogP contribution in [-0.4, -0.2) is 6.04 Å². The molecule has 1 nitrogen and oxygen atoms in total. The summed E-state index contributed by atoms with van der Waals surface area (Å²) in [4.78, 5) is 0. The van der Waals surface area contributed by atoms with Gasteiger partial charge in [-0.1, -0.05) is 32.0 Å². The molecule has 2 rings (SSSR count). The molecule has 2 unspecified atom stereocenters. The van der Waals surface area contributed by atoms with Gasteiger partial charge in [-0.05, 0) is 18.1 Å². The fraction of sp³-hybridized carbons (Fsp3) is 0.455. The highest BCUT2D eigenvalue weighted by atomic mass is 15.0. The first-order valence-corrected chi connectivity index (χ1v) is 4.68. The minimum absolute atomic E-state index is 0.641. The second kappa shape index (κ2) is 2.81. The van der Waals surface area contributed by atoms with Crippen LogP contribution in [-0.2, 0) is 0 Å². The van der Waals surface area contributed by atoms with Gasteiger partial charge in [-0.25, -0.2) is 0 Å². The third-order valence-electron chi connectivity index (χ3n) is 2.84. The van der Waals surface area contributed by atoms with Crippen LogP contribution in [0.5, 0.6) is 0 Å². The third kappa shape index (κ3) is 1.01. The number of fused-ring (bicyclic) bond motifs is 1. The first-order chi connectivity index (χ1) is 5.83. The van der Waals surface area contributed by atoms with Gasteiger partial charge in [0.1, 0.15) is 0 Å². The van der Waals surface area contributed by atoms with Crippen LogP contribution in [0, 0.1) is 0 Å². The van der Waals surface area contributed by atoms with Crippen LogP contribution in [0.3, 0.4) is 0 Å². The summed E-state index contributed by atoms with van der Waals surface area (Å²) in [5.41, 5.74) is 2.81. The first kappa shape index (κ1) is 7.66. The molecule has 1 heteroatoms.